The van der Waals surface area contributed by atoms with Crippen molar-refractivity contribution in [1.29, 1.82) is 0 Å². The molecular weight excluding hydrogens is 226 g/mol. The Balaban J connectivity index is 1.46. The molecule has 1 aliphatic heterocycles. The zero-order valence-electron chi connectivity index (χ0n) is 10.9. The summed E-state index contributed by atoms with van der Waals surface area (Å²) in [7, 11) is 0. The van der Waals surface area contributed by atoms with E-state index in [2.05, 4.69) is 17.4 Å². The van der Waals surface area contributed by atoms with Crippen LogP contribution in [0.5, 0.6) is 0 Å². The lowest BCUT2D eigenvalue weighted by molar-refractivity contribution is 0.0157. The molecule has 1 fully saturated rings. The van der Waals surface area contributed by atoms with Crippen LogP contribution in [0.2, 0.25) is 0 Å². The van der Waals surface area contributed by atoms with Crippen LogP contribution in [0.25, 0.3) is 0 Å². The molecule has 0 spiro atoms. The third kappa shape index (κ3) is 5.17. The normalized spacial score (nSPS) is 16.9. The summed E-state index contributed by atoms with van der Waals surface area (Å²) in [6, 6.07) is 10.3. The molecule has 0 amide bonds. The summed E-state index contributed by atoms with van der Waals surface area (Å²) in [4.78, 5) is 0. The Morgan fingerprint density at radius 1 is 1.06 bits per heavy atom. The molecule has 0 saturated carbocycles. The molecule has 3 heteroatoms. The van der Waals surface area contributed by atoms with E-state index in [0.717, 1.165) is 45.6 Å². The molecule has 2 rings (SSSR count). The average molecular weight is 249 g/mol. The minimum atomic E-state index is 0.459. The highest BCUT2D eigenvalue weighted by atomic mass is 16.5. The Morgan fingerprint density at radius 2 is 1.83 bits per heavy atom. The number of piperidine rings is 1. The molecule has 0 unspecified atom stereocenters. The molecule has 1 aromatic rings. The largest absolute Gasteiger partial charge is 0.378 e. The number of benzene rings is 1. The molecule has 1 aliphatic rings. The van der Waals surface area contributed by atoms with Crippen LogP contribution in [0.1, 0.15) is 24.8 Å². The summed E-state index contributed by atoms with van der Waals surface area (Å²) < 4.78 is 11.4. The van der Waals surface area contributed by atoms with Crippen LogP contribution in [0.15, 0.2) is 30.3 Å². The first-order valence-electron chi connectivity index (χ1n) is 6.89. The summed E-state index contributed by atoms with van der Waals surface area (Å²) in [5, 5.41) is 3.34. The zero-order valence-corrected chi connectivity index (χ0v) is 10.9. The van der Waals surface area contributed by atoms with Gasteiger partial charge in [0.2, 0.25) is 0 Å². The van der Waals surface area contributed by atoms with Crippen LogP contribution in [0.3, 0.4) is 0 Å². The van der Waals surface area contributed by atoms with Crippen molar-refractivity contribution in [3.05, 3.63) is 35.9 Å². The van der Waals surface area contributed by atoms with Crippen molar-refractivity contribution in [3.8, 4) is 0 Å². The maximum Gasteiger partial charge on any atom is 0.0716 e. The lowest BCUT2D eigenvalue weighted by Gasteiger charge is -2.22. The zero-order chi connectivity index (χ0) is 12.5. The van der Waals surface area contributed by atoms with Gasteiger partial charge in [0.25, 0.3) is 0 Å². The highest BCUT2D eigenvalue weighted by Gasteiger charge is 2.12. The Labute approximate surface area is 109 Å². The molecule has 100 valence electrons. The topological polar surface area (TPSA) is 30.5 Å². The average Bonchev–Trinajstić information content (AvgIpc) is 2.45. The van der Waals surface area contributed by atoms with Crippen LogP contribution < -0.4 is 5.32 Å². The number of ether oxygens (including phenoxy) is 2. The molecule has 18 heavy (non-hydrogen) atoms. The highest BCUT2D eigenvalue weighted by Crippen LogP contribution is 2.07. The van der Waals surface area contributed by atoms with Gasteiger partial charge in [-0.25, -0.2) is 0 Å². The summed E-state index contributed by atoms with van der Waals surface area (Å²) in [6.07, 6.45) is 3.73. The number of hydrogen-bond donors (Lipinski definition) is 1. The van der Waals surface area contributed by atoms with E-state index >= 15 is 0 Å². The fraction of sp³-hybridized carbons (Fsp3) is 0.600. The van der Waals surface area contributed by atoms with E-state index in [9.17, 15) is 0 Å². The van der Waals surface area contributed by atoms with Crippen molar-refractivity contribution in [1.82, 2.24) is 5.32 Å². The van der Waals surface area contributed by atoms with Gasteiger partial charge >= 0.3 is 0 Å². The fourth-order valence-corrected chi connectivity index (χ4v) is 2.14. The minimum absolute atomic E-state index is 0.459. The number of hydrogen-bond acceptors (Lipinski definition) is 3. The van der Waals surface area contributed by atoms with E-state index in [1.54, 1.807) is 0 Å². The van der Waals surface area contributed by atoms with Gasteiger partial charge in [-0.15, -0.1) is 0 Å². The summed E-state index contributed by atoms with van der Waals surface area (Å²) in [5.41, 5.74) is 1.23. The van der Waals surface area contributed by atoms with Crippen LogP contribution >= 0.6 is 0 Å². The predicted molar refractivity (Wildman–Crippen MR) is 72.6 cm³/mol. The van der Waals surface area contributed by atoms with Crippen LogP contribution in [-0.4, -0.2) is 32.4 Å². The van der Waals surface area contributed by atoms with Gasteiger partial charge in [0.05, 0.1) is 12.7 Å². The Kier molecular flexibility index (Phi) is 6.20. The monoisotopic (exact) mass is 249 g/mol. The molecule has 1 saturated heterocycles. The van der Waals surface area contributed by atoms with Gasteiger partial charge in [0.15, 0.2) is 0 Å². The van der Waals surface area contributed by atoms with Crippen molar-refractivity contribution in [3.63, 3.8) is 0 Å². The third-order valence-corrected chi connectivity index (χ3v) is 3.18. The molecule has 1 N–H and O–H groups in total. The second-order valence-electron chi connectivity index (χ2n) is 4.71. The van der Waals surface area contributed by atoms with Crippen molar-refractivity contribution in [2.75, 3.05) is 26.3 Å². The first-order chi connectivity index (χ1) is 8.95. The first-order valence-corrected chi connectivity index (χ1v) is 6.89. The maximum absolute atomic E-state index is 5.82. The quantitative estimate of drug-likeness (QED) is 0.753. The molecule has 0 aromatic heterocycles. The van der Waals surface area contributed by atoms with Gasteiger partial charge in [-0.1, -0.05) is 30.3 Å². The van der Waals surface area contributed by atoms with Crippen LogP contribution in [0.4, 0.5) is 0 Å². The van der Waals surface area contributed by atoms with Crippen molar-refractivity contribution in [2.45, 2.75) is 32.0 Å². The minimum Gasteiger partial charge on any atom is -0.378 e. The Bertz CT molecular complexity index is 310. The molecule has 0 radical (unpaired) electrons. The molecule has 0 atom stereocenters. The summed E-state index contributed by atoms with van der Waals surface area (Å²) in [5.74, 6) is 0. The van der Waals surface area contributed by atoms with E-state index in [1.807, 2.05) is 18.2 Å². The molecule has 0 aliphatic carbocycles. The first kappa shape index (κ1) is 13.5. The second kappa shape index (κ2) is 8.25. The van der Waals surface area contributed by atoms with Crippen molar-refractivity contribution in [2.24, 2.45) is 0 Å². The van der Waals surface area contributed by atoms with Crippen LogP contribution in [-0.2, 0) is 16.1 Å². The molecular formula is C15H23NO2. The van der Waals surface area contributed by atoms with E-state index in [4.69, 9.17) is 9.47 Å². The van der Waals surface area contributed by atoms with Gasteiger partial charge in [-0.05, 0) is 37.9 Å². The van der Waals surface area contributed by atoms with Gasteiger partial charge in [0.1, 0.15) is 0 Å². The Morgan fingerprint density at radius 3 is 2.61 bits per heavy atom. The van der Waals surface area contributed by atoms with Gasteiger partial charge < -0.3 is 14.8 Å². The summed E-state index contributed by atoms with van der Waals surface area (Å²) >= 11 is 0. The second-order valence-corrected chi connectivity index (χ2v) is 4.71. The highest BCUT2D eigenvalue weighted by molar-refractivity contribution is 5.13. The molecule has 1 heterocycles. The predicted octanol–water partition coefficient (Wildman–Crippen LogP) is 2.36. The van der Waals surface area contributed by atoms with Crippen molar-refractivity contribution >= 4 is 0 Å². The van der Waals surface area contributed by atoms with Gasteiger partial charge in [-0.2, -0.15) is 0 Å². The molecule has 0 bridgehead atoms. The van der Waals surface area contributed by atoms with Crippen molar-refractivity contribution < 1.29 is 9.47 Å². The summed E-state index contributed by atoms with van der Waals surface area (Å²) in [6.45, 7) is 4.48. The van der Waals surface area contributed by atoms with Crippen LogP contribution in [0, 0.1) is 0 Å². The number of nitrogens with one attached hydrogen (secondary N) is 1. The fourth-order valence-electron chi connectivity index (χ4n) is 2.14. The van der Waals surface area contributed by atoms with Gasteiger partial charge in [-0.3, -0.25) is 0 Å². The van der Waals surface area contributed by atoms with E-state index < -0.39 is 0 Å². The van der Waals surface area contributed by atoms with Gasteiger partial charge in [0, 0.05) is 13.2 Å². The SMILES string of the molecule is c1ccc(COCCCOC2CCNCC2)cc1. The van der Waals surface area contributed by atoms with E-state index in [1.165, 1.54) is 5.56 Å². The molecule has 1 aromatic carbocycles. The standard InChI is InChI=1S/C15H23NO2/c1-2-5-14(6-3-1)13-17-11-4-12-18-15-7-9-16-10-8-15/h1-3,5-6,15-16H,4,7-13H2. The number of rotatable bonds is 7. The smallest absolute Gasteiger partial charge is 0.0716 e. The Hall–Kier alpha value is -0.900. The third-order valence-electron chi connectivity index (χ3n) is 3.18. The van der Waals surface area contributed by atoms with E-state index in [0.29, 0.717) is 12.7 Å². The molecule has 3 nitrogen and oxygen atoms in total. The lowest BCUT2D eigenvalue weighted by Crippen LogP contribution is -2.32. The lowest BCUT2D eigenvalue weighted by atomic mass is 10.1. The maximum atomic E-state index is 5.82. The van der Waals surface area contributed by atoms with E-state index in [-0.39, 0.29) is 0 Å².